The number of anilines is 1. The van der Waals surface area contributed by atoms with Gasteiger partial charge in [0, 0.05) is 6.92 Å². The lowest BCUT2D eigenvalue weighted by molar-refractivity contribution is -0.384. The van der Waals surface area contributed by atoms with E-state index in [1.165, 1.54) is 19.1 Å². The molecular formula is C18H20N2O5. The predicted molar refractivity (Wildman–Crippen MR) is 94.1 cm³/mol. The Morgan fingerprint density at radius 2 is 1.68 bits per heavy atom. The topological polar surface area (TPSA) is 90.7 Å². The van der Waals surface area contributed by atoms with Crippen LogP contribution < -0.4 is 14.8 Å². The van der Waals surface area contributed by atoms with Crippen molar-refractivity contribution >= 4 is 17.3 Å². The maximum Gasteiger partial charge on any atom is 0.296 e. The number of nitrogens with zero attached hydrogens (tertiary/aromatic N) is 1. The van der Waals surface area contributed by atoms with Gasteiger partial charge in [-0.2, -0.15) is 0 Å². The molecule has 0 bridgehead atoms. The van der Waals surface area contributed by atoms with Gasteiger partial charge in [0.1, 0.15) is 17.2 Å². The maximum atomic E-state index is 11.1. The minimum Gasteiger partial charge on any atom is -0.494 e. The van der Waals surface area contributed by atoms with Crippen molar-refractivity contribution in [1.82, 2.24) is 0 Å². The molecule has 0 saturated heterocycles. The fourth-order valence-electron chi connectivity index (χ4n) is 2.15. The lowest BCUT2D eigenvalue weighted by Gasteiger charge is -2.09. The number of amides is 1. The molecule has 0 aliphatic heterocycles. The van der Waals surface area contributed by atoms with E-state index in [-0.39, 0.29) is 17.3 Å². The van der Waals surface area contributed by atoms with Gasteiger partial charge in [0.05, 0.1) is 24.2 Å². The molecule has 0 aliphatic rings. The molecule has 2 aromatic rings. The van der Waals surface area contributed by atoms with Crippen LogP contribution in [0, 0.1) is 10.1 Å². The first-order chi connectivity index (χ1) is 12.1. The minimum atomic E-state index is -0.550. The zero-order valence-electron chi connectivity index (χ0n) is 13.9. The van der Waals surface area contributed by atoms with E-state index in [9.17, 15) is 14.9 Å². The highest BCUT2D eigenvalue weighted by Crippen LogP contribution is 2.29. The third kappa shape index (κ3) is 6.14. The molecule has 1 N–H and O–H groups in total. The number of nitro groups is 1. The van der Waals surface area contributed by atoms with Crippen LogP contribution in [-0.2, 0) is 4.79 Å². The standard InChI is InChI=1S/C18H20N2O5/c1-14(21)19-17-10-9-16(13-18(17)20(22)23)25-12-6-5-11-24-15-7-3-2-4-8-15/h2-4,7-10,13H,5-6,11-12H2,1H3,(H,19,21). The molecule has 2 rings (SSSR count). The highest BCUT2D eigenvalue weighted by Gasteiger charge is 2.16. The third-order valence-corrected chi connectivity index (χ3v) is 3.30. The average molecular weight is 344 g/mol. The van der Waals surface area contributed by atoms with Crippen LogP contribution in [0.15, 0.2) is 48.5 Å². The van der Waals surface area contributed by atoms with Gasteiger partial charge in [-0.3, -0.25) is 14.9 Å². The van der Waals surface area contributed by atoms with Gasteiger partial charge in [-0.25, -0.2) is 0 Å². The summed E-state index contributed by atoms with van der Waals surface area (Å²) in [6.07, 6.45) is 1.56. The molecule has 0 unspecified atom stereocenters. The summed E-state index contributed by atoms with van der Waals surface area (Å²) in [6, 6.07) is 13.9. The normalized spacial score (nSPS) is 10.1. The average Bonchev–Trinajstić information content (AvgIpc) is 2.59. The van der Waals surface area contributed by atoms with Crippen molar-refractivity contribution < 1.29 is 19.2 Å². The number of rotatable bonds is 9. The number of nitro benzene ring substituents is 1. The summed E-state index contributed by atoms with van der Waals surface area (Å²) < 4.78 is 11.1. The van der Waals surface area contributed by atoms with E-state index >= 15 is 0 Å². The molecule has 0 radical (unpaired) electrons. The van der Waals surface area contributed by atoms with Gasteiger partial charge in [0.25, 0.3) is 5.69 Å². The van der Waals surface area contributed by atoms with E-state index in [0.717, 1.165) is 18.6 Å². The number of benzene rings is 2. The largest absolute Gasteiger partial charge is 0.494 e. The molecule has 0 saturated carbocycles. The van der Waals surface area contributed by atoms with Crippen LogP contribution in [-0.4, -0.2) is 24.0 Å². The number of nitrogens with one attached hydrogen (secondary N) is 1. The second-order valence-electron chi connectivity index (χ2n) is 5.33. The van der Waals surface area contributed by atoms with Crippen LogP contribution in [0.3, 0.4) is 0 Å². The first-order valence-electron chi connectivity index (χ1n) is 7.93. The van der Waals surface area contributed by atoms with Crippen LogP contribution in [0.5, 0.6) is 11.5 Å². The van der Waals surface area contributed by atoms with Gasteiger partial charge in [-0.05, 0) is 37.1 Å². The molecule has 7 heteroatoms. The van der Waals surface area contributed by atoms with Crippen molar-refractivity contribution in [2.45, 2.75) is 19.8 Å². The van der Waals surface area contributed by atoms with E-state index in [0.29, 0.717) is 19.0 Å². The van der Waals surface area contributed by atoms with Crippen LogP contribution in [0.4, 0.5) is 11.4 Å². The Hall–Kier alpha value is -3.09. The van der Waals surface area contributed by atoms with E-state index in [1.807, 2.05) is 30.3 Å². The van der Waals surface area contributed by atoms with E-state index in [2.05, 4.69) is 5.32 Å². The first kappa shape index (κ1) is 18.3. The van der Waals surface area contributed by atoms with Crippen molar-refractivity contribution in [2.75, 3.05) is 18.5 Å². The number of para-hydroxylation sites is 1. The number of unbranched alkanes of at least 4 members (excludes halogenated alkanes) is 1. The van der Waals surface area contributed by atoms with E-state index in [1.54, 1.807) is 6.07 Å². The summed E-state index contributed by atoms with van der Waals surface area (Å²) in [4.78, 5) is 21.6. The quantitative estimate of drug-likeness (QED) is 0.424. The Bertz CT molecular complexity index is 719. The molecule has 0 fully saturated rings. The fraction of sp³-hybridized carbons (Fsp3) is 0.278. The number of carbonyl (C=O) groups is 1. The molecule has 0 heterocycles. The van der Waals surface area contributed by atoms with E-state index < -0.39 is 4.92 Å². The molecular weight excluding hydrogens is 324 g/mol. The zero-order valence-corrected chi connectivity index (χ0v) is 13.9. The maximum absolute atomic E-state index is 11.1. The minimum absolute atomic E-state index is 0.154. The van der Waals surface area contributed by atoms with Gasteiger partial charge >= 0.3 is 0 Å². The van der Waals surface area contributed by atoms with Crippen molar-refractivity contribution in [3.63, 3.8) is 0 Å². The summed E-state index contributed by atoms with van der Waals surface area (Å²) in [6.45, 7) is 2.30. The Morgan fingerprint density at radius 1 is 1.04 bits per heavy atom. The number of carbonyl (C=O) groups excluding carboxylic acids is 1. The molecule has 0 aliphatic carbocycles. The predicted octanol–water partition coefficient (Wildman–Crippen LogP) is 3.79. The van der Waals surface area contributed by atoms with Crippen molar-refractivity contribution in [1.29, 1.82) is 0 Å². The summed E-state index contributed by atoms with van der Waals surface area (Å²) in [5.74, 6) is 0.854. The molecule has 0 aromatic heterocycles. The summed E-state index contributed by atoms with van der Waals surface area (Å²) in [7, 11) is 0. The number of ether oxygens (including phenoxy) is 2. The summed E-state index contributed by atoms with van der Waals surface area (Å²) in [5.41, 5.74) is -0.0405. The third-order valence-electron chi connectivity index (χ3n) is 3.30. The summed E-state index contributed by atoms with van der Waals surface area (Å²) in [5, 5.41) is 13.5. The molecule has 0 atom stereocenters. The molecule has 1 amide bonds. The van der Waals surface area contributed by atoms with Crippen LogP contribution >= 0.6 is 0 Å². The highest BCUT2D eigenvalue weighted by molar-refractivity contribution is 5.91. The molecule has 7 nitrogen and oxygen atoms in total. The SMILES string of the molecule is CC(=O)Nc1ccc(OCCCCOc2ccccc2)cc1[N+](=O)[O-]. The van der Waals surface area contributed by atoms with Gasteiger partial charge in [-0.1, -0.05) is 18.2 Å². The van der Waals surface area contributed by atoms with Crippen molar-refractivity contribution in [3.05, 3.63) is 58.6 Å². The fourth-order valence-corrected chi connectivity index (χ4v) is 2.15. The first-order valence-corrected chi connectivity index (χ1v) is 7.93. The van der Waals surface area contributed by atoms with Gasteiger partial charge in [0.15, 0.2) is 0 Å². The second kappa shape index (κ2) is 9.27. The lowest BCUT2D eigenvalue weighted by Crippen LogP contribution is -2.08. The molecule has 25 heavy (non-hydrogen) atoms. The van der Waals surface area contributed by atoms with Crippen LogP contribution in [0.1, 0.15) is 19.8 Å². The Kier molecular flexibility index (Phi) is 6.76. The highest BCUT2D eigenvalue weighted by atomic mass is 16.6. The van der Waals surface area contributed by atoms with Crippen LogP contribution in [0.2, 0.25) is 0 Å². The number of hydrogen-bond donors (Lipinski definition) is 1. The molecule has 2 aromatic carbocycles. The van der Waals surface area contributed by atoms with Gasteiger partial charge in [-0.15, -0.1) is 0 Å². The smallest absolute Gasteiger partial charge is 0.296 e. The second-order valence-corrected chi connectivity index (χ2v) is 5.33. The van der Waals surface area contributed by atoms with Gasteiger partial charge < -0.3 is 14.8 Å². The van der Waals surface area contributed by atoms with Crippen molar-refractivity contribution in [3.8, 4) is 11.5 Å². The Morgan fingerprint density at radius 3 is 2.28 bits per heavy atom. The summed E-state index contributed by atoms with van der Waals surface area (Å²) >= 11 is 0. The Labute approximate surface area is 145 Å². The lowest BCUT2D eigenvalue weighted by atomic mass is 10.2. The van der Waals surface area contributed by atoms with Crippen molar-refractivity contribution in [2.24, 2.45) is 0 Å². The van der Waals surface area contributed by atoms with E-state index in [4.69, 9.17) is 9.47 Å². The monoisotopic (exact) mass is 344 g/mol. The number of hydrogen-bond acceptors (Lipinski definition) is 5. The molecule has 132 valence electrons. The molecule has 0 spiro atoms. The van der Waals surface area contributed by atoms with Crippen LogP contribution in [0.25, 0.3) is 0 Å². The Balaban J connectivity index is 1.77. The van der Waals surface area contributed by atoms with Gasteiger partial charge in [0.2, 0.25) is 5.91 Å². The zero-order chi connectivity index (χ0) is 18.1.